The van der Waals surface area contributed by atoms with Gasteiger partial charge in [0.15, 0.2) is 0 Å². The Kier molecular flexibility index (Phi) is 3.13. The number of carboxylic acids is 1. The highest BCUT2D eigenvalue weighted by molar-refractivity contribution is 5.92. The Morgan fingerprint density at radius 1 is 1.20 bits per heavy atom. The molecule has 2 aromatic rings. The predicted molar refractivity (Wildman–Crippen MR) is 63.8 cm³/mol. The van der Waals surface area contributed by atoms with E-state index in [4.69, 9.17) is 5.11 Å². The zero-order valence-corrected chi connectivity index (χ0v) is 9.66. The van der Waals surface area contributed by atoms with Gasteiger partial charge in [-0.1, -0.05) is 0 Å². The van der Waals surface area contributed by atoms with Crippen LogP contribution < -0.4 is 0 Å². The minimum atomic E-state index is -1.44. The molecule has 2 rings (SSSR count). The van der Waals surface area contributed by atoms with Crippen LogP contribution in [-0.4, -0.2) is 30.7 Å². The fraction of sp³-hybridized carbons (Fsp3) is 0. The molecule has 0 atom stereocenters. The van der Waals surface area contributed by atoms with Crippen LogP contribution >= 0.6 is 0 Å². The highest BCUT2D eigenvalue weighted by Gasteiger charge is 2.22. The van der Waals surface area contributed by atoms with Gasteiger partial charge in [-0.25, -0.2) is 4.79 Å². The van der Waals surface area contributed by atoms with Crippen LogP contribution in [0.1, 0.15) is 10.4 Å². The van der Waals surface area contributed by atoms with Crippen LogP contribution in [0, 0.1) is 20.2 Å². The van der Waals surface area contributed by atoms with Gasteiger partial charge in [0.05, 0.1) is 28.0 Å². The third kappa shape index (κ3) is 2.29. The summed E-state index contributed by atoms with van der Waals surface area (Å²) in [6, 6.07) is 4.42. The van der Waals surface area contributed by atoms with Crippen LogP contribution in [0.4, 0.5) is 11.5 Å². The average Bonchev–Trinajstić information content (AvgIpc) is 2.87. The Labute approximate surface area is 110 Å². The molecule has 0 saturated carbocycles. The molecule has 102 valence electrons. The number of rotatable bonds is 4. The van der Waals surface area contributed by atoms with Gasteiger partial charge in [-0.15, -0.1) is 4.68 Å². The molecule has 1 aromatic heterocycles. The second-order valence-corrected chi connectivity index (χ2v) is 3.64. The lowest BCUT2D eigenvalue weighted by molar-refractivity contribution is -0.389. The lowest BCUT2D eigenvalue weighted by Gasteiger charge is -2.00. The van der Waals surface area contributed by atoms with Crippen LogP contribution in [0.2, 0.25) is 0 Å². The molecule has 1 aromatic carbocycles. The summed E-state index contributed by atoms with van der Waals surface area (Å²) in [5.41, 5.74) is -0.941. The molecule has 0 aliphatic rings. The van der Waals surface area contributed by atoms with Gasteiger partial charge in [-0.2, -0.15) is 0 Å². The number of hydrogen-bond acceptors (Lipinski definition) is 6. The summed E-state index contributed by atoms with van der Waals surface area (Å²) in [5.74, 6) is -1.86. The molecular weight excluding hydrogens is 272 g/mol. The molecule has 1 heterocycles. The lowest BCUT2D eigenvalue weighted by atomic mass is 10.1. The number of hydrogen-bond donors (Lipinski definition) is 1. The third-order valence-electron chi connectivity index (χ3n) is 2.44. The van der Waals surface area contributed by atoms with E-state index in [2.05, 4.69) is 5.10 Å². The number of carbonyl (C=O) groups is 1. The molecule has 0 radical (unpaired) electrons. The number of benzene rings is 1. The predicted octanol–water partition coefficient (Wildman–Crippen LogP) is 1.39. The molecule has 20 heavy (non-hydrogen) atoms. The second-order valence-electron chi connectivity index (χ2n) is 3.64. The first kappa shape index (κ1) is 13.1. The van der Waals surface area contributed by atoms with Crippen molar-refractivity contribution in [2.75, 3.05) is 0 Å². The van der Waals surface area contributed by atoms with Gasteiger partial charge in [0, 0.05) is 6.07 Å². The standard InChI is InChI=1S/C10H6N4O6/c15-10(16)7-2-1-6(5-8(7)13(17)18)12-4-3-9(11-12)14(19)20/h1-5H,(H,15,16). The zero-order valence-electron chi connectivity index (χ0n) is 9.66. The minimum Gasteiger partial charge on any atom is -0.477 e. The molecule has 0 fully saturated rings. The molecule has 10 heteroatoms. The van der Waals surface area contributed by atoms with Crippen LogP contribution in [0.3, 0.4) is 0 Å². The van der Waals surface area contributed by atoms with E-state index in [0.29, 0.717) is 0 Å². The van der Waals surface area contributed by atoms with Crippen molar-refractivity contribution in [2.45, 2.75) is 0 Å². The number of aromatic nitrogens is 2. The summed E-state index contributed by atoms with van der Waals surface area (Å²) in [6.07, 6.45) is 1.25. The fourth-order valence-electron chi connectivity index (χ4n) is 1.55. The molecule has 0 aliphatic carbocycles. The highest BCUT2D eigenvalue weighted by atomic mass is 16.6. The molecular formula is C10H6N4O6. The van der Waals surface area contributed by atoms with Gasteiger partial charge < -0.3 is 15.2 Å². The Bertz CT molecular complexity index is 722. The largest absolute Gasteiger partial charge is 0.477 e. The molecule has 0 bridgehead atoms. The van der Waals surface area contributed by atoms with Crippen molar-refractivity contribution in [3.05, 3.63) is 56.3 Å². The Morgan fingerprint density at radius 3 is 2.40 bits per heavy atom. The van der Waals surface area contributed by atoms with Gasteiger partial charge in [-0.05, 0) is 17.1 Å². The van der Waals surface area contributed by atoms with Crippen molar-refractivity contribution in [3.63, 3.8) is 0 Å². The Hall–Kier alpha value is -3.30. The van der Waals surface area contributed by atoms with E-state index in [9.17, 15) is 25.0 Å². The SMILES string of the molecule is O=C(O)c1ccc(-n2ccc([N+](=O)[O-])n2)cc1[N+](=O)[O-]. The topological polar surface area (TPSA) is 141 Å². The van der Waals surface area contributed by atoms with Crippen LogP contribution in [0.5, 0.6) is 0 Å². The zero-order chi connectivity index (χ0) is 14.9. The normalized spacial score (nSPS) is 10.2. The lowest BCUT2D eigenvalue weighted by Crippen LogP contribution is -2.05. The molecule has 0 saturated heterocycles. The van der Waals surface area contributed by atoms with Crippen molar-refractivity contribution < 1.29 is 19.7 Å². The van der Waals surface area contributed by atoms with E-state index in [1.54, 1.807) is 0 Å². The average molecular weight is 278 g/mol. The summed E-state index contributed by atoms with van der Waals surface area (Å²) in [5, 5.41) is 33.8. The van der Waals surface area contributed by atoms with E-state index in [1.807, 2.05) is 0 Å². The van der Waals surface area contributed by atoms with Crippen LogP contribution in [0.25, 0.3) is 5.69 Å². The maximum atomic E-state index is 10.9. The first-order valence-electron chi connectivity index (χ1n) is 5.12. The van der Waals surface area contributed by atoms with Crippen molar-refractivity contribution in [2.24, 2.45) is 0 Å². The van der Waals surface area contributed by atoms with Gasteiger partial charge in [-0.3, -0.25) is 10.1 Å². The number of nitro groups is 2. The molecule has 0 aliphatic heterocycles. The molecule has 10 nitrogen and oxygen atoms in total. The molecule has 0 amide bonds. The number of aromatic carboxylic acids is 1. The van der Waals surface area contributed by atoms with Gasteiger partial charge in [0.2, 0.25) is 0 Å². The third-order valence-corrected chi connectivity index (χ3v) is 2.44. The summed E-state index contributed by atoms with van der Waals surface area (Å²) >= 11 is 0. The Morgan fingerprint density at radius 2 is 1.90 bits per heavy atom. The summed E-state index contributed by atoms with van der Waals surface area (Å²) in [4.78, 5) is 30.6. The van der Waals surface area contributed by atoms with Gasteiger partial charge in [0.1, 0.15) is 5.56 Å². The smallest absolute Gasteiger partial charge is 0.390 e. The Balaban J connectivity index is 2.52. The first-order chi connectivity index (χ1) is 9.40. The molecule has 0 spiro atoms. The first-order valence-corrected chi connectivity index (χ1v) is 5.12. The molecule has 0 unspecified atom stereocenters. The van der Waals surface area contributed by atoms with Crippen molar-refractivity contribution in [1.82, 2.24) is 9.78 Å². The molecule has 1 N–H and O–H groups in total. The monoisotopic (exact) mass is 278 g/mol. The second kappa shape index (κ2) is 4.76. The van der Waals surface area contributed by atoms with Crippen molar-refractivity contribution >= 4 is 17.5 Å². The summed E-state index contributed by atoms with van der Waals surface area (Å²) < 4.78 is 1.05. The fourth-order valence-corrected chi connectivity index (χ4v) is 1.55. The van der Waals surface area contributed by atoms with Crippen LogP contribution in [-0.2, 0) is 0 Å². The van der Waals surface area contributed by atoms with E-state index in [-0.39, 0.29) is 5.69 Å². The van der Waals surface area contributed by atoms with Gasteiger partial charge >= 0.3 is 11.8 Å². The van der Waals surface area contributed by atoms with E-state index >= 15 is 0 Å². The minimum absolute atomic E-state index is 0.148. The van der Waals surface area contributed by atoms with E-state index < -0.39 is 32.9 Å². The number of carboxylic acid groups (broad SMARTS) is 1. The summed E-state index contributed by atoms with van der Waals surface area (Å²) in [7, 11) is 0. The number of nitro benzene ring substituents is 1. The quantitative estimate of drug-likeness (QED) is 0.657. The van der Waals surface area contributed by atoms with E-state index in [1.165, 1.54) is 12.3 Å². The summed E-state index contributed by atoms with van der Waals surface area (Å²) in [6.45, 7) is 0. The highest BCUT2D eigenvalue weighted by Crippen LogP contribution is 2.23. The van der Waals surface area contributed by atoms with Crippen molar-refractivity contribution in [3.8, 4) is 5.69 Å². The van der Waals surface area contributed by atoms with Gasteiger partial charge in [0.25, 0.3) is 5.69 Å². The number of nitrogens with zero attached hydrogens (tertiary/aromatic N) is 4. The van der Waals surface area contributed by atoms with Crippen molar-refractivity contribution in [1.29, 1.82) is 0 Å². The maximum absolute atomic E-state index is 10.9. The van der Waals surface area contributed by atoms with Crippen LogP contribution in [0.15, 0.2) is 30.5 Å². The van der Waals surface area contributed by atoms with E-state index in [0.717, 1.165) is 22.9 Å². The maximum Gasteiger partial charge on any atom is 0.390 e.